The van der Waals surface area contributed by atoms with Gasteiger partial charge in [0.1, 0.15) is 6.04 Å². The Morgan fingerprint density at radius 1 is 1.16 bits per heavy atom. The van der Waals surface area contributed by atoms with Crippen LogP contribution < -0.4 is 16.5 Å². The molecule has 2 aliphatic rings. The van der Waals surface area contributed by atoms with Crippen molar-refractivity contribution in [2.45, 2.75) is 38.1 Å². The van der Waals surface area contributed by atoms with E-state index < -0.39 is 35.7 Å². The van der Waals surface area contributed by atoms with Crippen LogP contribution in [0.3, 0.4) is 0 Å². The van der Waals surface area contributed by atoms with E-state index in [2.05, 4.69) is 33.0 Å². The number of hydrogen-bond donors (Lipinski definition) is 5. The lowest BCUT2D eigenvalue weighted by molar-refractivity contribution is -0.136. The Morgan fingerprint density at radius 3 is 2.41 bits per heavy atom. The number of aliphatic hydroxyl groups excluding tert-OH is 1. The number of nitrogens with one attached hydrogen (secondary N) is 2. The number of nitrogens with two attached hydrogens (primary N) is 1. The maximum atomic E-state index is 14.2. The lowest BCUT2D eigenvalue weighted by atomic mass is 9.92. The maximum absolute atomic E-state index is 14.2. The molecule has 4 amide bonds. The van der Waals surface area contributed by atoms with E-state index in [0.717, 1.165) is 68.5 Å². The first-order chi connectivity index (χ1) is 21.2. The topological polar surface area (TPSA) is 170 Å². The molecule has 1 atom stereocenters. The summed E-state index contributed by atoms with van der Waals surface area (Å²) < 4.78 is 32.8. The number of urea groups is 2. The van der Waals surface area contributed by atoms with Gasteiger partial charge in [-0.3, -0.25) is 9.88 Å². The highest BCUT2D eigenvalue weighted by atomic mass is 19.2. The van der Waals surface area contributed by atoms with Crippen molar-refractivity contribution >= 4 is 18.0 Å². The van der Waals surface area contributed by atoms with Gasteiger partial charge in [0.05, 0.1) is 12.7 Å². The Bertz CT molecular complexity index is 1320. The van der Waals surface area contributed by atoms with Crippen molar-refractivity contribution in [3.05, 3.63) is 88.9 Å². The van der Waals surface area contributed by atoms with E-state index in [1.807, 2.05) is 18.2 Å². The number of aromatic nitrogens is 1. The van der Waals surface area contributed by atoms with Crippen LogP contribution in [0.5, 0.6) is 0 Å². The second-order valence-electron chi connectivity index (χ2n) is 9.83. The summed E-state index contributed by atoms with van der Waals surface area (Å²) in [6, 6.07) is 5.96. The Kier molecular flexibility index (Phi) is 14.5. The normalized spacial score (nSPS) is 17.0. The highest BCUT2D eigenvalue weighted by Crippen LogP contribution is 2.36. The summed E-state index contributed by atoms with van der Waals surface area (Å²) >= 11 is 0. The minimum Gasteiger partial charge on any atom is -0.466 e. The minimum absolute atomic E-state index is 0.0413. The van der Waals surface area contributed by atoms with Crippen LogP contribution in [0.1, 0.15) is 49.4 Å². The van der Waals surface area contributed by atoms with E-state index in [9.17, 15) is 23.2 Å². The highest BCUT2D eigenvalue weighted by Gasteiger charge is 2.42. The summed E-state index contributed by atoms with van der Waals surface area (Å²) in [5, 5.41) is 18.8. The molecule has 0 aliphatic carbocycles. The molecule has 4 rings (SSSR count). The third kappa shape index (κ3) is 8.89. The Morgan fingerprint density at radius 2 is 1.84 bits per heavy atom. The molecule has 44 heavy (non-hydrogen) atoms. The van der Waals surface area contributed by atoms with Gasteiger partial charge in [0.15, 0.2) is 11.6 Å². The van der Waals surface area contributed by atoms with Gasteiger partial charge in [-0.05, 0) is 67.8 Å². The van der Waals surface area contributed by atoms with Crippen molar-refractivity contribution in [3.8, 4) is 0 Å². The van der Waals surface area contributed by atoms with Gasteiger partial charge in [0.2, 0.25) is 0 Å². The number of rotatable bonds is 8. The van der Waals surface area contributed by atoms with Gasteiger partial charge in [-0.15, -0.1) is 0 Å². The monoisotopic (exact) mass is 618 g/mol. The van der Waals surface area contributed by atoms with E-state index in [1.54, 1.807) is 13.1 Å². The molecule has 6 N–H and O–H groups in total. The number of nitrogens with zero attached hydrogens (tertiary/aromatic N) is 3. The van der Waals surface area contributed by atoms with E-state index in [4.69, 9.17) is 15.1 Å². The summed E-state index contributed by atoms with van der Waals surface area (Å²) in [5.74, 6) is 0.829. The van der Waals surface area contributed by atoms with Gasteiger partial charge >= 0.3 is 18.0 Å². The average molecular weight is 619 g/mol. The van der Waals surface area contributed by atoms with E-state index in [1.165, 1.54) is 6.07 Å². The molecule has 0 spiro atoms. The first kappa shape index (κ1) is 36.0. The summed E-state index contributed by atoms with van der Waals surface area (Å²) in [4.78, 5) is 46.7. The summed E-state index contributed by atoms with van der Waals surface area (Å²) in [5.41, 5.74) is 2.05. The molecule has 0 radical (unpaired) electrons. The van der Waals surface area contributed by atoms with Crippen molar-refractivity contribution < 1.29 is 38.2 Å². The number of halogens is 2. The molecule has 2 aromatic rings. The fourth-order valence-corrected chi connectivity index (χ4v) is 5.16. The lowest BCUT2D eigenvalue weighted by Crippen LogP contribution is -2.55. The number of ether oxygens (including phenoxy) is 1. The number of aliphatic hydroxyl groups is 1. The van der Waals surface area contributed by atoms with E-state index in [0.29, 0.717) is 12.5 Å². The number of pyridine rings is 1. The fraction of sp³-hybridized carbons (Fsp3) is 0.400. The van der Waals surface area contributed by atoms with E-state index >= 15 is 0 Å². The molecule has 1 aromatic heterocycles. The van der Waals surface area contributed by atoms with Gasteiger partial charge in [0.25, 0.3) is 0 Å². The molecular weight excluding hydrogens is 578 g/mol. The molecule has 12 nitrogen and oxygen atoms in total. The number of amides is 4. The van der Waals surface area contributed by atoms with Crippen molar-refractivity contribution in [1.82, 2.24) is 25.4 Å². The van der Waals surface area contributed by atoms with Crippen LogP contribution in [-0.4, -0.2) is 83.5 Å². The van der Waals surface area contributed by atoms with Gasteiger partial charge in [0, 0.05) is 43.7 Å². The summed E-state index contributed by atoms with van der Waals surface area (Å²) in [6.45, 7) is 8.13. The number of imide groups is 1. The fourth-order valence-electron chi connectivity index (χ4n) is 5.16. The molecule has 1 fully saturated rings. The van der Waals surface area contributed by atoms with Crippen molar-refractivity contribution in [2.75, 3.05) is 40.4 Å². The third-order valence-electron chi connectivity index (χ3n) is 7.20. The molecule has 0 bridgehead atoms. The predicted molar refractivity (Wildman–Crippen MR) is 158 cm³/mol. The highest BCUT2D eigenvalue weighted by molar-refractivity contribution is 6.01. The molecule has 14 heteroatoms. The molecule has 240 valence electrons. The smallest absolute Gasteiger partial charge is 0.338 e. The average Bonchev–Trinajstić information content (AvgIpc) is 3.06. The zero-order chi connectivity index (χ0) is 32.8. The Balaban J connectivity index is 0.00000162. The molecule has 1 unspecified atom stereocenters. The molecule has 1 aromatic carbocycles. The van der Waals surface area contributed by atoms with Crippen LogP contribution in [0.15, 0.2) is 66.0 Å². The second kappa shape index (κ2) is 17.8. The van der Waals surface area contributed by atoms with Crippen molar-refractivity contribution in [3.63, 3.8) is 0 Å². The SMILES string of the molecule is C=C(CNC(=O)N1C(=O)NC(CC)=C(C(=O)OC)C1c1ccc(F)c(F)c1)CN1CCC(c2ccccn2)CC1.CO.NO. The maximum Gasteiger partial charge on any atom is 0.338 e. The third-order valence-corrected chi connectivity index (χ3v) is 7.20. The zero-order valence-electron chi connectivity index (χ0n) is 25.1. The van der Waals surface area contributed by atoms with Gasteiger partial charge in [-0.2, -0.15) is 0 Å². The number of likely N-dealkylation sites (tertiary alicyclic amines) is 1. The van der Waals surface area contributed by atoms with Crippen molar-refractivity contribution in [2.24, 2.45) is 5.90 Å². The Hall–Kier alpha value is -4.24. The first-order valence-corrected chi connectivity index (χ1v) is 13.9. The summed E-state index contributed by atoms with van der Waals surface area (Å²) in [6.07, 6.45) is 3.96. The lowest BCUT2D eigenvalue weighted by Gasteiger charge is -2.37. The van der Waals surface area contributed by atoms with E-state index in [-0.39, 0.29) is 29.8 Å². The number of benzene rings is 1. The molecule has 1 saturated heterocycles. The number of allylic oxidation sites excluding steroid dienone is 1. The van der Waals surface area contributed by atoms with Gasteiger partial charge in [-0.25, -0.2) is 34.0 Å². The zero-order valence-corrected chi connectivity index (χ0v) is 25.1. The Labute approximate surface area is 255 Å². The van der Waals surface area contributed by atoms with Crippen LogP contribution in [0.2, 0.25) is 0 Å². The van der Waals surface area contributed by atoms with Crippen LogP contribution >= 0.6 is 0 Å². The quantitative estimate of drug-likeness (QED) is 0.169. The summed E-state index contributed by atoms with van der Waals surface area (Å²) in [7, 11) is 2.16. The number of carbonyl (C=O) groups excluding carboxylic acids is 3. The minimum atomic E-state index is -1.33. The standard InChI is InChI=1S/C29H33F2N5O4.CH4O.H3NO/c1-4-23-25(27(37)40-3)26(20-8-9-21(30)22(31)15-20)36(29(39)34-23)28(38)33-16-18(2)17-35-13-10-19(11-14-35)24-7-5-6-12-32-24;2*1-2/h5-9,12,15,19,26H,2,4,10-11,13-14,16-17H2,1,3H3,(H,33,38)(H,34,39);2H,1H3;2H,1H2. The molecule has 0 saturated carbocycles. The number of methoxy groups -OCH3 is 1. The van der Waals surface area contributed by atoms with Crippen LogP contribution in [0, 0.1) is 11.6 Å². The molecule has 2 aliphatic heterocycles. The van der Waals surface area contributed by atoms with Gasteiger partial charge in [-0.1, -0.05) is 25.6 Å². The van der Waals surface area contributed by atoms with Crippen molar-refractivity contribution in [1.29, 1.82) is 0 Å². The first-order valence-electron chi connectivity index (χ1n) is 13.9. The number of esters is 1. The number of hydrogen-bond acceptors (Lipinski definition) is 9. The number of piperidine rings is 1. The molecular formula is C30H40F2N6O6. The number of carbonyl (C=O) groups is 3. The second-order valence-corrected chi connectivity index (χ2v) is 9.83. The largest absolute Gasteiger partial charge is 0.466 e. The van der Waals surface area contributed by atoms with Crippen LogP contribution in [-0.2, 0) is 9.53 Å². The van der Waals surface area contributed by atoms with Gasteiger partial charge < -0.3 is 25.7 Å². The van der Waals surface area contributed by atoms with Crippen LogP contribution in [0.25, 0.3) is 0 Å². The molecule has 3 heterocycles. The van der Waals surface area contributed by atoms with Crippen LogP contribution in [0.4, 0.5) is 18.4 Å². The predicted octanol–water partition coefficient (Wildman–Crippen LogP) is 3.35.